The number of benzene rings is 1. The van der Waals surface area contributed by atoms with Crippen LogP contribution in [0.25, 0.3) is 11.6 Å². The zero-order valence-electron chi connectivity index (χ0n) is 14.1. The molecule has 3 N–H and O–H groups in total. The Balaban J connectivity index is 1.71. The lowest BCUT2D eigenvalue weighted by molar-refractivity contribution is -0.118. The average Bonchev–Trinajstić information content (AvgIpc) is 3.29. The van der Waals surface area contributed by atoms with E-state index in [9.17, 15) is 9.59 Å². The van der Waals surface area contributed by atoms with Crippen LogP contribution < -0.4 is 11.1 Å². The molecule has 0 aliphatic heterocycles. The molecule has 0 bridgehead atoms. The van der Waals surface area contributed by atoms with Gasteiger partial charge in [0.15, 0.2) is 16.7 Å². The van der Waals surface area contributed by atoms with Gasteiger partial charge >= 0.3 is 0 Å². The van der Waals surface area contributed by atoms with Crippen molar-refractivity contribution in [3.05, 3.63) is 47.1 Å². The molecule has 0 aliphatic rings. The first kappa shape index (κ1) is 19.2. The summed E-state index contributed by atoms with van der Waals surface area (Å²) in [4.78, 5) is 23.4. The van der Waals surface area contributed by atoms with Gasteiger partial charge in [0.05, 0.1) is 17.7 Å². The molecule has 0 atom stereocenters. The van der Waals surface area contributed by atoms with Crippen molar-refractivity contribution >= 4 is 45.2 Å². The summed E-state index contributed by atoms with van der Waals surface area (Å²) in [5.74, 6) is 0.521. The number of aromatic nitrogens is 3. The summed E-state index contributed by atoms with van der Waals surface area (Å²) in [6, 6.07) is 10.8. The highest BCUT2D eigenvalue weighted by Gasteiger charge is 2.18. The monoisotopic (exact) mass is 449 g/mol. The second kappa shape index (κ2) is 8.87. The van der Waals surface area contributed by atoms with Crippen LogP contribution in [0, 0.1) is 0 Å². The summed E-state index contributed by atoms with van der Waals surface area (Å²) in [6.07, 6.45) is 1.66. The van der Waals surface area contributed by atoms with E-state index in [-0.39, 0.29) is 18.1 Å². The van der Waals surface area contributed by atoms with Gasteiger partial charge in [-0.15, -0.1) is 10.2 Å². The first-order valence-electron chi connectivity index (χ1n) is 7.97. The van der Waals surface area contributed by atoms with Gasteiger partial charge in [0.25, 0.3) is 0 Å². The van der Waals surface area contributed by atoms with Crippen LogP contribution in [0.15, 0.2) is 56.7 Å². The van der Waals surface area contributed by atoms with Crippen molar-refractivity contribution in [2.75, 3.05) is 11.1 Å². The zero-order valence-corrected chi connectivity index (χ0v) is 16.5. The van der Waals surface area contributed by atoms with E-state index in [0.29, 0.717) is 29.0 Å². The van der Waals surface area contributed by atoms with Gasteiger partial charge in [-0.25, -0.2) is 0 Å². The molecule has 2 heterocycles. The number of thioether (sulfide) groups is 1. The predicted octanol–water partition coefficient (Wildman–Crippen LogP) is 2.91. The van der Waals surface area contributed by atoms with Crippen molar-refractivity contribution in [2.24, 2.45) is 5.73 Å². The minimum atomic E-state index is -0.434. The molecule has 0 saturated carbocycles. The normalized spacial score (nSPS) is 10.7. The van der Waals surface area contributed by atoms with Gasteiger partial charge in [-0.05, 0) is 40.2 Å². The molecule has 0 spiro atoms. The van der Waals surface area contributed by atoms with Crippen LogP contribution in [0.1, 0.15) is 6.42 Å². The summed E-state index contributed by atoms with van der Waals surface area (Å²) in [7, 11) is 0. The van der Waals surface area contributed by atoms with Crippen LogP contribution in [0.3, 0.4) is 0 Å². The van der Waals surface area contributed by atoms with Gasteiger partial charge in [-0.3, -0.25) is 14.2 Å². The molecule has 8 nitrogen and oxygen atoms in total. The van der Waals surface area contributed by atoms with E-state index < -0.39 is 5.91 Å². The highest BCUT2D eigenvalue weighted by molar-refractivity contribution is 9.10. The van der Waals surface area contributed by atoms with E-state index in [0.717, 1.165) is 4.47 Å². The summed E-state index contributed by atoms with van der Waals surface area (Å²) >= 11 is 4.61. The summed E-state index contributed by atoms with van der Waals surface area (Å²) < 4.78 is 7.89. The fourth-order valence-electron chi connectivity index (χ4n) is 2.29. The highest BCUT2D eigenvalue weighted by atomic mass is 79.9. The predicted molar refractivity (Wildman–Crippen MR) is 105 cm³/mol. The molecule has 3 aromatic rings. The van der Waals surface area contributed by atoms with Crippen molar-refractivity contribution in [3.63, 3.8) is 0 Å². The van der Waals surface area contributed by atoms with E-state index in [1.807, 2.05) is 18.2 Å². The molecule has 140 valence electrons. The van der Waals surface area contributed by atoms with Crippen LogP contribution >= 0.6 is 27.7 Å². The minimum absolute atomic E-state index is 0.127. The second-order valence-corrected chi connectivity index (χ2v) is 7.26. The van der Waals surface area contributed by atoms with Crippen LogP contribution in [0.4, 0.5) is 5.69 Å². The number of amides is 2. The van der Waals surface area contributed by atoms with Gasteiger partial charge < -0.3 is 15.5 Å². The molecule has 27 heavy (non-hydrogen) atoms. The quantitative estimate of drug-likeness (QED) is 0.510. The van der Waals surface area contributed by atoms with Crippen LogP contribution in [-0.4, -0.2) is 32.3 Å². The Bertz CT molecular complexity index is 942. The van der Waals surface area contributed by atoms with Crippen molar-refractivity contribution in [2.45, 2.75) is 18.1 Å². The van der Waals surface area contributed by atoms with Crippen molar-refractivity contribution < 1.29 is 14.0 Å². The second-order valence-electron chi connectivity index (χ2n) is 5.47. The molecule has 0 aliphatic carbocycles. The Morgan fingerprint density at radius 3 is 2.74 bits per heavy atom. The number of furan rings is 1. The smallest absolute Gasteiger partial charge is 0.234 e. The fraction of sp³-hybridized carbons (Fsp3) is 0.176. The van der Waals surface area contributed by atoms with Crippen LogP contribution in [-0.2, 0) is 16.1 Å². The van der Waals surface area contributed by atoms with E-state index in [2.05, 4.69) is 31.4 Å². The molecule has 0 unspecified atom stereocenters. The summed E-state index contributed by atoms with van der Waals surface area (Å²) in [5, 5.41) is 11.6. The number of hydrogen-bond donors (Lipinski definition) is 2. The number of carbonyl (C=O) groups is 2. The molecular weight excluding hydrogens is 434 g/mol. The maximum absolute atomic E-state index is 12.2. The topological polar surface area (TPSA) is 116 Å². The Morgan fingerprint density at radius 1 is 1.22 bits per heavy atom. The van der Waals surface area contributed by atoms with E-state index in [1.165, 1.54) is 18.0 Å². The van der Waals surface area contributed by atoms with Crippen LogP contribution in [0.5, 0.6) is 0 Å². The van der Waals surface area contributed by atoms with E-state index >= 15 is 0 Å². The lowest BCUT2D eigenvalue weighted by Gasteiger charge is -2.09. The number of primary amides is 1. The Kier molecular flexibility index (Phi) is 6.30. The molecule has 2 aromatic heterocycles. The average molecular weight is 450 g/mol. The van der Waals surface area contributed by atoms with E-state index in [1.54, 1.807) is 22.8 Å². The molecule has 0 fully saturated rings. The Labute approximate surface area is 167 Å². The largest absolute Gasteiger partial charge is 0.461 e. The lowest BCUT2D eigenvalue weighted by atomic mass is 10.3. The Hall–Kier alpha value is -2.59. The van der Waals surface area contributed by atoms with E-state index in [4.69, 9.17) is 10.2 Å². The Morgan fingerprint density at radius 2 is 2.04 bits per heavy atom. The van der Waals surface area contributed by atoms with Crippen molar-refractivity contribution in [3.8, 4) is 11.6 Å². The van der Waals surface area contributed by atoms with Gasteiger partial charge in [-0.2, -0.15) is 0 Å². The number of halogens is 1. The number of hydrogen-bond acceptors (Lipinski definition) is 6. The third kappa shape index (κ3) is 4.98. The SMILES string of the molecule is NC(=O)CCn1c(SCC(=O)Nc2ccccc2Br)nnc1-c1ccco1. The number of nitrogens with two attached hydrogens (primary N) is 1. The van der Waals surface area contributed by atoms with Gasteiger partial charge in [0.1, 0.15) is 0 Å². The first-order chi connectivity index (χ1) is 13.0. The fourth-order valence-corrected chi connectivity index (χ4v) is 3.43. The standard InChI is InChI=1S/C17H16BrN5O3S/c18-11-4-1-2-5-12(11)20-15(25)10-27-17-22-21-16(13-6-3-9-26-13)23(17)8-7-14(19)24/h1-6,9H,7-8,10H2,(H2,19,24)(H,20,25). The lowest BCUT2D eigenvalue weighted by Crippen LogP contribution is -2.16. The maximum Gasteiger partial charge on any atom is 0.234 e. The third-order valence-corrected chi connectivity index (χ3v) is 5.18. The number of para-hydroxylation sites is 1. The molecule has 0 saturated heterocycles. The number of carbonyl (C=O) groups excluding carboxylic acids is 2. The maximum atomic E-state index is 12.2. The van der Waals surface area contributed by atoms with Crippen molar-refractivity contribution in [1.29, 1.82) is 0 Å². The highest BCUT2D eigenvalue weighted by Crippen LogP contribution is 2.26. The molecule has 1 aromatic carbocycles. The minimum Gasteiger partial charge on any atom is -0.461 e. The molecule has 10 heteroatoms. The van der Waals surface area contributed by atoms with Gasteiger partial charge in [0, 0.05) is 17.4 Å². The number of rotatable bonds is 8. The zero-order chi connectivity index (χ0) is 19.2. The third-order valence-electron chi connectivity index (χ3n) is 3.52. The molecule has 0 radical (unpaired) electrons. The molecule has 3 rings (SSSR count). The van der Waals surface area contributed by atoms with Crippen LogP contribution in [0.2, 0.25) is 0 Å². The number of nitrogens with one attached hydrogen (secondary N) is 1. The number of anilines is 1. The molecular formula is C17H16BrN5O3S. The summed E-state index contributed by atoms with van der Waals surface area (Å²) in [5.41, 5.74) is 5.95. The van der Waals surface area contributed by atoms with Gasteiger partial charge in [-0.1, -0.05) is 23.9 Å². The summed E-state index contributed by atoms with van der Waals surface area (Å²) in [6.45, 7) is 0.298. The first-order valence-corrected chi connectivity index (χ1v) is 9.75. The number of nitrogens with zero attached hydrogens (tertiary/aromatic N) is 3. The molecule has 2 amide bonds. The van der Waals surface area contributed by atoms with Gasteiger partial charge in [0.2, 0.25) is 11.8 Å². The van der Waals surface area contributed by atoms with Crippen molar-refractivity contribution in [1.82, 2.24) is 14.8 Å².